The molecule has 6 rings (SSSR count). The van der Waals surface area contributed by atoms with Crippen LogP contribution in [-0.2, 0) is 23.9 Å². The minimum Gasteiger partial charge on any atom is -0.465 e. The van der Waals surface area contributed by atoms with E-state index in [-0.39, 0.29) is 19.1 Å². The Morgan fingerprint density at radius 2 is 1.65 bits per heavy atom. The van der Waals surface area contributed by atoms with Crippen LogP contribution in [0.2, 0.25) is 0 Å². The van der Waals surface area contributed by atoms with Gasteiger partial charge in [-0.1, -0.05) is 61.6 Å². The van der Waals surface area contributed by atoms with E-state index >= 15 is 4.79 Å². The van der Waals surface area contributed by atoms with E-state index in [0.29, 0.717) is 17.7 Å². The first-order valence-electron chi connectivity index (χ1n) is 16.7. The third kappa shape index (κ3) is 5.14. The second-order valence-corrected chi connectivity index (χ2v) is 12.6. The number of carbonyl (C=O) groups excluding carboxylic acids is 3. The standard InChI is InChI=1S/C37H45N3O6/c1-4-36-21-12-7-8-13-24-45-35(44)31(36)30-33(42)40(29(25-41)26-15-10-9-11-16-26)32-34(43)39(23-14-22-37(30,32)46-36)28-19-17-27(18-20-28)38(5-2)6-3/h9-12,14-22,29-32,41H,4-8,13,23-25H2,1-3H3/b21-12-/t29-,30+,31-,32?,36+,37+/m1/s1. The molecule has 4 heterocycles. The van der Waals surface area contributed by atoms with Crippen molar-refractivity contribution in [3.05, 3.63) is 84.5 Å². The molecule has 2 saturated heterocycles. The second kappa shape index (κ2) is 13.0. The highest BCUT2D eigenvalue weighted by atomic mass is 16.6. The molecule has 0 aromatic heterocycles. The Labute approximate surface area is 271 Å². The smallest absolute Gasteiger partial charge is 0.313 e. The number of hydrogen-bond donors (Lipinski definition) is 1. The van der Waals surface area contributed by atoms with Crippen LogP contribution in [0.25, 0.3) is 0 Å². The molecule has 0 radical (unpaired) electrons. The number of ether oxygens (including phenoxy) is 2. The lowest BCUT2D eigenvalue weighted by Gasteiger charge is -2.41. The number of cyclic esters (lactones) is 1. The number of esters is 1. The molecule has 2 fully saturated rings. The minimum absolute atomic E-state index is 0.263. The van der Waals surface area contributed by atoms with Gasteiger partial charge in [-0.05, 0) is 69.4 Å². The van der Waals surface area contributed by atoms with E-state index in [9.17, 15) is 14.7 Å². The molecule has 2 amide bonds. The summed E-state index contributed by atoms with van der Waals surface area (Å²) in [5.41, 5.74) is -0.140. The van der Waals surface area contributed by atoms with Crippen LogP contribution < -0.4 is 9.80 Å². The molecule has 2 aromatic carbocycles. The van der Waals surface area contributed by atoms with Crippen LogP contribution in [-0.4, -0.2) is 77.9 Å². The van der Waals surface area contributed by atoms with Gasteiger partial charge in [0.2, 0.25) is 5.91 Å². The van der Waals surface area contributed by atoms with Crippen molar-refractivity contribution < 1.29 is 29.0 Å². The normalized spacial score (nSPS) is 30.6. The van der Waals surface area contributed by atoms with Gasteiger partial charge in [-0.25, -0.2) is 0 Å². The zero-order valence-corrected chi connectivity index (χ0v) is 27.0. The van der Waals surface area contributed by atoms with Crippen molar-refractivity contribution in [2.75, 3.05) is 42.6 Å². The molecule has 4 aliphatic heterocycles. The maximum atomic E-state index is 15.0. The van der Waals surface area contributed by atoms with Crippen LogP contribution >= 0.6 is 0 Å². The summed E-state index contributed by atoms with van der Waals surface area (Å²) in [6.07, 6.45) is 10.5. The molecule has 2 aromatic rings. The summed E-state index contributed by atoms with van der Waals surface area (Å²) >= 11 is 0. The van der Waals surface area contributed by atoms with Crippen molar-refractivity contribution in [1.29, 1.82) is 0 Å². The fourth-order valence-electron chi connectivity index (χ4n) is 8.01. The van der Waals surface area contributed by atoms with Gasteiger partial charge in [-0.3, -0.25) is 14.4 Å². The highest BCUT2D eigenvalue weighted by Gasteiger charge is 2.76. The Hall–Kier alpha value is -3.95. The average molecular weight is 628 g/mol. The number of aliphatic hydroxyl groups excluding tert-OH is 1. The molecule has 6 atom stereocenters. The number of aliphatic hydroxyl groups is 1. The Bertz CT molecular complexity index is 1490. The molecule has 46 heavy (non-hydrogen) atoms. The number of benzene rings is 2. The van der Waals surface area contributed by atoms with Crippen molar-refractivity contribution in [3.8, 4) is 0 Å². The summed E-state index contributed by atoms with van der Waals surface area (Å²) < 4.78 is 12.9. The number of anilines is 2. The van der Waals surface area contributed by atoms with Gasteiger partial charge >= 0.3 is 5.97 Å². The molecular formula is C37H45N3O6. The van der Waals surface area contributed by atoms with Gasteiger partial charge in [-0.15, -0.1) is 0 Å². The molecule has 9 heteroatoms. The van der Waals surface area contributed by atoms with Crippen molar-refractivity contribution in [2.45, 2.75) is 69.7 Å². The lowest BCUT2D eigenvalue weighted by molar-refractivity contribution is -0.161. The number of hydrogen-bond acceptors (Lipinski definition) is 7. The van der Waals surface area contributed by atoms with Crippen LogP contribution in [0.4, 0.5) is 11.4 Å². The maximum Gasteiger partial charge on any atom is 0.313 e. The number of likely N-dealkylation sites (tertiary alicyclic amines) is 1. The van der Waals surface area contributed by atoms with Crippen molar-refractivity contribution in [3.63, 3.8) is 0 Å². The number of amides is 2. The molecule has 244 valence electrons. The summed E-state index contributed by atoms with van der Waals surface area (Å²) in [5, 5.41) is 10.8. The monoisotopic (exact) mass is 627 g/mol. The molecule has 9 nitrogen and oxygen atoms in total. The molecule has 1 spiro atoms. The summed E-state index contributed by atoms with van der Waals surface area (Å²) in [4.78, 5) is 49.3. The lowest BCUT2D eigenvalue weighted by atomic mass is 9.73. The van der Waals surface area contributed by atoms with Gasteiger partial charge in [-0.2, -0.15) is 0 Å². The number of rotatable bonds is 8. The molecule has 1 unspecified atom stereocenters. The maximum absolute atomic E-state index is 15.0. The summed E-state index contributed by atoms with van der Waals surface area (Å²) in [6.45, 7) is 8.00. The summed E-state index contributed by atoms with van der Waals surface area (Å²) in [7, 11) is 0. The van der Waals surface area contributed by atoms with Crippen LogP contribution in [0, 0.1) is 11.8 Å². The lowest BCUT2D eigenvalue weighted by Crippen LogP contribution is -2.57. The third-order valence-electron chi connectivity index (χ3n) is 10.3. The molecule has 0 saturated carbocycles. The largest absolute Gasteiger partial charge is 0.465 e. The first-order valence-corrected chi connectivity index (χ1v) is 16.7. The number of nitrogens with zero attached hydrogens (tertiary/aromatic N) is 3. The topological polar surface area (TPSA) is 99.6 Å². The first-order chi connectivity index (χ1) is 22.4. The Morgan fingerprint density at radius 3 is 2.33 bits per heavy atom. The Morgan fingerprint density at radius 1 is 0.913 bits per heavy atom. The van der Waals surface area contributed by atoms with E-state index in [4.69, 9.17) is 9.47 Å². The highest BCUT2D eigenvalue weighted by molar-refractivity contribution is 6.06. The minimum atomic E-state index is -1.45. The summed E-state index contributed by atoms with van der Waals surface area (Å²) in [5.74, 6) is -3.18. The predicted molar refractivity (Wildman–Crippen MR) is 176 cm³/mol. The average Bonchev–Trinajstić information content (AvgIpc) is 3.44. The van der Waals surface area contributed by atoms with Crippen molar-refractivity contribution in [1.82, 2.24) is 4.90 Å². The quantitative estimate of drug-likeness (QED) is 0.331. The predicted octanol–water partition coefficient (Wildman–Crippen LogP) is 4.81. The van der Waals surface area contributed by atoms with Crippen LogP contribution in [0.5, 0.6) is 0 Å². The zero-order chi connectivity index (χ0) is 32.5. The van der Waals surface area contributed by atoms with Gasteiger partial charge in [0.1, 0.15) is 23.2 Å². The molecular weight excluding hydrogens is 582 g/mol. The summed E-state index contributed by atoms with van der Waals surface area (Å²) in [6, 6.07) is 15.2. The van der Waals surface area contributed by atoms with Gasteiger partial charge in [0.15, 0.2) is 0 Å². The number of allylic oxidation sites excluding steroid dienone is 1. The Balaban J connectivity index is 1.50. The number of carbonyl (C=O) groups is 3. The van der Waals surface area contributed by atoms with E-state index in [1.165, 1.54) is 4.90 Å². The molecule has 0 aliphatic carbocycles. The van der Waals surface area contributed by atoms with Crippen molar-refractivity contribution in [2.24, 2.45) is 11.8 Å². The van der Waals surface area contributed by atoms with Gasteiger partial charge in [0, 0.05) is 31.0 Å². The first kappa shape index (κ1) is 32.0. The van der Waals surface area contributed by atoms with E-state index in [2.05, 4.69) is 18.7 Å². The van der Waals surface area contributed by atoms with Crippen LogP contribution in [0.15, 0.2) is 78.9 Å². The van der Waals surface area contributed by atoms with Crippen LogP contribution in [0.1, 0.15) is 58.1 Å². The van der Waals surface area contributed by atoms with E-state index in [0.717, 1.165) is 38.0 Å². The molecule has 1 N–H and O–H groups in total. The van der Waals surface area contributed by atoms with E-state index in [1.54, 1.807) is 4.90 Å². The third-order valence-corrected chi connectivity index (χ3v) is 10.3. The highest BCUT2D eigenvalue weighted by Crippen LogP contribution is 2.59. The SMILES string of the molecule is CCN(CC)c1ccc(N2CC=C[C@]34O[C@@]5(CC)/C=C\CCCCOC(=O)[C@H]5[C@H]3C(=O)N([C@H](CO)c3ccccc3)C4C2=O)cc1. The fourth-order valence-corrected chi connectivity index (χ4v) is 8.01. The van der Waals surface area contributed by atoms with Crippen molar-refractivity contribution >= 4 is 29.2 Å². The molecule has 0 bridgehead atoms. The van der Waals surface area contributed by atoms with Gasteiger partial charge in [0.25, 0.3) is 5.91 Å². The van der Waals surface area contributed by atoms with E-state index in [1.807, 2.05) is 85.8 Å². The number of fused-ring (bicyclic) bond motifs is 2. The fraction of sp³-hybridized carbons (Fsp3) is 0.486. The van der Waals surface area contributed by atoms with Gasteiger partial charge in [0.05, 0.1) is 25.2 Å². The van der Waals surface area contributed by atoms with Crippen LogP contribution in [0.3, 0.4) is 0 Å². The zero-order valence-electron chi connectivity index (χ0n) is 27.0. The van der Waals surface area contributed by atoms with E-state index < -0.39 is 53.6 Å². The van der Waals surface area contributed by atoms with Gasteiger partial charge < -0.3 is 29.3 Å². The molecule has 4 aliphatic rings. The Kier molecular flexibility index (Phi) is 9.08. The second-order valence-electron chi connectivity index (χ2n) is 12.6.